The number of nitrogens with zero attached hydrogens (tertiary/aromatic N) is 4. The summed E-state index contributed by atoms with van der Waals surface area (Å²) in [7, 11) is 1.59. The molecular weight excluding hydrogens is 358 g/mol. The lowest BCUT2D eigenvalue weighted by molar-refractivity contribution is -0.121. The van der Waals surface area contributed by atoms with Crippen molar-refractivity contribution in [3.63, 3.8) is 0 Å². The Hall–Kier alpha value is -3.68. The van der Waals surface area contributed by atoms with E-state index in [0.717, 1.165) is 11.1 Å². The largest absolute Gasteiger partial charge is 0.496 e. The molecule has 2 heterocycles. The second kappa shape index (κ2) is 7.15. The second-order valence-corrected chi connectivity index (χ2v) is 6.37. The number of nitrogens with one attached hydrogen (secondary N) is 1. The Morgan fingerprint density at radius 3 is 2.57 bits per heavy atom. The first kappa shape index (κ1) is 17.7. The summed E-state index contributed by atoms with van der Waals surface area (Å²) < 4.78 is 8.43. The zero-order chi connectivity index (χ0) is 19.7. The number of benzene rings is 2. The average Bonchev–Trinajstić information content (AvgIpc) is 3.11. The van der Waals surface area contributed by atoms with Gasteiger partial charge in [0.15, 0.2) is 0 Å². The molecule has 2 aromatic carbocycles. The Labute approximate surface area is 160 Å². The summed E-state index contributed by atoms with van der Waals surface area (Å²) in [4.78, 5) is 25.5. The number of methoxy groups -OCH3 is 1. The monoisotopic (exact) mass is 377 g/mol. The van der Waals surface area contributed by atoms with Crippen LogP contribution in [-0.4, -0.2) is 32.2 Å². The maximum Gasteiger partial charge on any atom is 0.297 e. The lowest BCUT2D eigenvalue weighted by atomic mass is 10.2. The molecule has 0 aliphatic rings. The lowest BCUT2D eigenvalue weighted by Gasteiger charge is -2.13. The zero-order valence-electron chi connectivity index (χ0n) is 15.5. The van der Waals surface area contributed by atoms with Crippen LogP contribution in [0, 0.1) is 6.92 Å². The third kappa shape index (κ3) is 2.98. The summed E-state index contributed by atoms with van der Waals surface area (Å²) in [6, 6.07) is 14.8. The van der Waals surface area contributed by atoms with E-state index < -0.39 is 0 Å². The number of aryl methyl sites for hydroxylation is 1. The van der Waals surface area contributed by atoms with Crippen LogP contribution < -0.4 is 15.6 Å². The SMILES string of the molecule is COc1ccccc1CNC(=O)Cn1c(=O)c2nnc(C)n2c2ccccc21. The topological polar surface area (TPSA) is 90.5 Å². The van der Waals surface area contributed by atoms with Crippen molar-refractivity contribution in [1.29, 1.82) is 0 Å². The molecular formula is C20H19N5O3. The van der Waals surface area contributed by atoms with Crippen LogP contribution in [-0.2, 0) is 17.9 Å². The minimum atomic E-state index is -0.355. The summed E-state index contributed by atoms with van der Waals surface area (Å²) in [5, 5.41) is 10.8. The molecule has 0 radical (unpaired) electrons. The zero-order valence-corrected chi connectivity index (χ0v) is 15.5. The molecule has 0 atom stereocenters. The van der Waals surface area contributed by atoms with Gasteiger partial charge in [0, 0.05) is 12.1 Å². The quantitative estimate of drug-likeness (QED) is 0.571. The van der Waals surface area contributed by atoms with Crippen LogP contribution in [0.2, 0.25) is 0 Å². The number of hydrogen-bond acceptors (Lipinski definition) is 5. The maximum atomic E-state index is 12.9. The first-order valence-electron chi connectivity index (χ1n) is 8.82. The van der Waals surface area contributed by atoms with Crippen LogP contribution in [0.15, 0.2) is 53.3 Å². The van der Waals surface area contributed by atoms with E-state index >= 15 is 0 Å². The van der Waals surface area contributed by atoms with Crippen molar-refractivity contribution < 1.29 is 9.53 Å². The molecule has 0 fully saturated rings. The van der Waals surface area contributed by atoms with E-state index in [4.69, 9.17) is 4.74 Å². The Morgan fingerprint density at radius 2 is 1.79 bits per heavy atom. The minimum absolute atomic E-state index is 0.114. The van der Waals surface area contributed by atoms with Crippen molar-refractivity contribution in [2.45, 2.75) is 20.0 Å². The molecule has 2 aromatic heterocycles. The van der Waals surface area contributed by atoms with Crippen LogP contribution in [0.4, 0.5) is 0 Å². The van der Waals surface area contributed by atoms with Gasteiger partial charge in [-0.15, -0.1) is 10.2 Å². The van der Waals surface area contributed by atoms with Gasteiger partial charge >= 0.3 is 0 Å². The Balaban J connectivity index is 1.66. The fourth-order valence-electron chi connectivity index (χ4n) is 3.30. The van der Waals surface area contributed by atoms with Crippen LogP contribution >= 0.6 is 0 Å². The molecule has 0 aliphatic carbocycles. The smallest absolute Gasteiger partial charge is 0.297 e. The van der Waals surface area contributed by atoms with E-state index in [0.29, 0.717) is 23.6 Å². The van der Waals surface area contributed by atoms with Gasteiger partial charge in [-0.3, -0.25) is 18.6 Å². The lowest BCUT2D eigenvalue weighted by Crippen LogP contribution is -2.33. The van der Waals surface area contributed by atoms with Crippen molar-refractivity contribution in [2.75, 3.05) is 7.11 Å². The van der Waals surface area contributed by atoms with E-state index in [1.807, 2.05) is 48.5 Å². The van der Waals surface area contributed by atoms with E-state index in [-0.39, 0.29) is 23.7 Å². The van der Waals surface area contributed by atoms with Crippen molar-refractivity contribution in [2.24, 2.45) is 0 Å². The van der Waals surface area contributed by atoms with Crippen molar-refractivity contribution in [1.82, 2.24) is 24.5 Å². The molecule has 0 spiro atoms. The molecule has 8 heteroatoms. The van der Waals surface area contributed by atoms with Crippen LogP contribution in [0.1, 0.15) is 11.4 Å². The number of fused-ring (bicyclic) bond motifs is 3. The number of ether oxygens (including phenoxy) is 1. The van der Waals surface area contributed by atoms with Gasteiger partial charge in [0.05, 0.1) is 18.1 Å². The van der Waals surface area contributed by atoms with Crippen LogP contribution in [0.3, 0.4) is 0 Å². The van der Waals surface area contributed by atoms with E-state index in [2.05, 4.69) is 15.5 Å². The van der Waals surface area contributed by atoms with Gasteiger partial charge in [-0.05, 0) is 25.1 Å². The number of hydrogen-bond donors (Lipinski definition) is 1. The molecule has 0 bridgehead atoms. The van der Waals surface area contributed by atoms with Gasteiger partial charge in [-0.1, -0.05) is 30.3 Å². The van der Waals surface area contributed by atoms with Gasteiger partial charge in [-0.25, -0.2) is 0 Å². The molecule has 4 aromatic rings. The summed E-state index contributed by atoms with van der Waals surface area (Å²) in [5.41, 5.74) is 2.13. The molecule has 28 heavy (non-hydrogen) atoms. The molecule has 0 aliphatic heterocycles. The summed E-state index contributed by atoms with van der Waals surface area (Å²) >= 11 is 0. The van der Waals surface area contributed by atoms with E-state index in [9.17, 15) is 9.59 Å². The Kier molecular flexibility index (Phi) is 4.52. The number of para-hydroxylation sites is 3. The number of amides is 1. The highest BCUT2D eigenvalue weighted by Crippen LogP contribution is 2.17. The summed E-state index contributed by atoms with van der Waals surface area (Å²) in [6.07, 6.45) is 0. The molecule has 142 valence electrons. The molecule has 0 unspecified atom stereocenters. The third-order valence-corrected chi connectivity index (χ3v) is 4.64. The third-order valence-electron chi connectivity index (χ3n) is 4.64. The predicted molar refractivity (Wildman–Crippen MR) is 104 cm³/mol. The highest BCUT2D eigenvalue weighted by atomic mass is 16.5. The van der Waals surface area contributed by atoms with Crippen molar-refractivity contribution in [3.05, 3.63) is 70.3 Å². The molecule has 8 nitrogen and oxygen atoms in total. The fourth-order valence-corrected chi connectivity index (χ4v) is 3.30. The van der Waals surface area contributed by atoms with Crippen LogP contribution in [0.5, 0.6) is 5.75 Å². The van der Waals surface area contributed by atoms with Gasteiger partial charge in [0.2, 0.25) is 11.6 Å². The molecule has 4 rings (SSSR count). The van der Waals surface area contributed by atoms with Gasteiger partial charge in [-0.2, -0.15) is 0 Å². The highest BCUT2D eigenvalue weighted by Gasteiger charge is 2.16. The standard InChI is InChI=1S/C20H19N5O3/c1-13-22-23-19-20(27)24(15-8-4-5-9-16(15)25(13)19)12-18(26)21-11-14-7-3-6-10-17(14)28-2/h3-10H,11-12H2,1-2H3,(H,21,26). The number of rotatable bonds is 5. The molecule has 0 saturated carbocycles. The summed E-state index contributed by atoms with van der Waals surface area (Å²) in [5.74, 6) is 1.04. The van der Waals surface area contributed by atoms with Gasteiger partial charge < -0.3 is 10.1 Å². The molecule has 1 amide bonds. The normalized spacial score (nSPS) is 11.1. The first-order valence-corrected chi connectivity index (χ1v) is 8.82. The Bertz CT molecular complexity index is 1240. The first-order chi connectivity index (χ1) is 13.6. The summed E-state index contributed by atoms with van der Waals surface area (Å²) in [6.45, 7) is 1.98. The van der Waals surface area contributed by atoms with Gasteiger partial charge in [0.1, 0.15) is 18.1 Å². The number of carbonyl (C=O) groups is 1. The fraction of sp³-hybridized carbons (Fsp3) is 0.200. The van der Waals surface area contributed by atoms with Crippen molar-refractivity contribution in [3.8, 4) is 5.75 Å². The van der Waals surface area contributed by atoms with Crippen molar-refractivity contribution >= 4 is 22.6 Å². The highest BCUT2D eigenvalue weighted by molar-refractivity contribution is 5.82. The second-order valence-electron chi connectivity index (χ2n) is 6.37. The van der Waals surface area contributed by atoms with E-state index in [1.165, 1.54) is 4.57 Å². The minimum Gasteiger partial charge on any atom is -0.496 e. The Morgan fingerprint density at radius 1 is 1.07 bits per heavy atom. The average molecular weight is 377 g/mol. The molecule has 1 N–H and O–H groups in total. The maximum absolute atomic E-state index is 12.9. The van der Waals surface area contributed by atoms with Crippen LogP contribution in [0.25, 0.3) is 16.7 Å². The predicted octanol–water partition coefficient (Wildman–Crippen LogP) is 1.68. The van der Waals surface area contributed by atoms with Gasteiger partial charge in [0.25, 0.3) is 5.56 Å². The molecule has 0 saturated heterocycles. The number of aromatic nitrogens is 4. The number of carbonyl (C=O) groups excluding carboxylic acids is 1. The van der Waals surface area contributed by atoms with E-state index in [1.54, 1.807) is 18.4 Å².